The maximum absolute atomic E-state index is 8.48. The van der Waals surface area contributed by atoms with Gasteiger partial charge in [-0.1, -0.05) is 0 Å². The SMILES string of the molecule is OCC=CN1CCSCC1. The second kappa shape index (κ2) is 4.63. The first-order valence-electron chi connectivity index (χ1n) is 3.53. The lowest BCUT2D eigenvalue weighted by atomic mass is 10.5. The van der Waals surface area contributed by atoms with E-state index in [9.17, 15) is 0 Å². The Labute approximate surface area is 65.9 Å². The Morgan fingerprint density at radius 3 is 2.70 bits per heavy atom. The van der Waals surface area contributed by atoms with Crippen molar-refractivity contribution in [1.82, 2.24) is 4.90 Å². The van der Waals surface area contributed by atoms with Crippen LogP contribution in [-0.4, -0.2) is 41.2 Å². The lowest BCUT2D eigenvalue weighted by Gasteiger charge is -2.24. The van der Waals surface area contributed by atoms with Crippen molar-refractivity contribution < 1.29 is 5.11 Å². The van der Waals surface area contributed by atoms with E-state index < -0.39 is 0 Å². The molecule has 1 rings (SSSR count). The van der Waals surface area contributed by atoms with E-state index in [-0.39, 0.29) is 6.61 Å². The number of nitrogens with zero attached hydrogens (tertiary/aromatic N) is 1. The van der Waals surface area contributed by atoms with E-state index in [0.29, 0.717) is 0 Å². The fourth-order valence-corrected chi connectivity index (χ4v) is 1.85. The minimum atomic E-state index is 0.156. The van der Waals surface area contributed by atoms with Gasteiger partial charge in [0.15, 0.2) is 0 Å². The first-order chi connectivity index (χ1) is 4.93. The first-order valence-corrected chi connectivity index (χ1v) is 4.68. The summed E-state index contributed by atoms with van der Waals surface area (Å²) in [6.07, 6.45) is 3.77. The third-order valence-electron chi connectivity index (χ3n) is 1.47. The summed E-state index contributed by atoms with van der Waals surface area (Å²) in [5.41, 5.74) is 0. The lowest BCUT2D eigenvalue weighted by molar-refractivity contribution is 0.336. The van der Waals surface area contributed by atoms with Crippen LogP contribution in [0.4, 0.5) is 0 Å². The molecule has 1 heterocycles. The Morgan fingerprint density at radius 2 is 2.10 bits per heavy atom. The second-order valence-corrected chi connectivity index (χ2v) is 3.44. The molecule has 2 nitrogen and oxygen atoms in total. The van der Waals surface area contributed by atoms with Crippen molar-refractivity contribution in [2.75, 3.05) is 31.2 Å². The molecule has 0 saturated carbocycles. The van der Waals surface area contributed by atoms with Gasteiger partial charge < -0.3 is 10.0 Å². The van der Waals surface area contributed by atoms with Crippen LogP contribution in [0.15, 0.2) is 12.3 Å². The van der Waals surface area contributed by atoms with Crippen molar-refractivity contribution in [3.63, 3.8) is 0 Å². The molecule has 0 spiro atoms. The summed E-state index contributed by atoms with van der Waals surface area (Å²) in [6, 6.07) is 0. The van der Waals surface area contributed by atoms with Gasteiger partial charge in [-0.05, 0) is 12.3 Å². The highest BCUT2D eigenvalue weighted by molar-refractivity contribution is 7.99. The van der Waals surface area contributed by atoms with Crippen LogP contribution >= 0.6 is 11.8 Å². The largest absolute Gasteiger partial charge is 0.392 e. The quantitative estimate of drug-likeness (QED) is 0.636. The van der Waals surface area contributed by atoms with Gasteiger partial charge in [-0.25, -0.2) is 0 Å². The van der Waals surface area contributed by atoms with Gasteiger partial charge in [0.25, 0.3) is 0 Å². The topological polar surface area (TPSA) is 23.5 Å². The third kappa shape index (κ3) is 2.62. The molecule has 10 heavy (non-hydrogen) atoms. The van der Waals surface area contributed by atoms with Gasteiger partial charge in [0.1, 0.15) is 0 Å². The predicted molar refractivity (Wildman–Crippen MR) is 45.1 cm³/mol. The maximum atomic E-state index is 8.48. The standard InChI is InChI=1S/C7H13NOS/c9-5-1-2-8-3-6-10-7-4-8/h1-2,9H,3-7H2. The van der Waals surface area contributed by atoms with Gasteiger partial charge in [0, 0.05) is 24.6 Å². The molecule has 0 aromatic carbocycles. The van der Waals surface area contributed by atoms with Crippen LogP contribution in [0.5, 0.6) is 0 Å². The molecule has 0 amide bonds. The van der Waals surface area contributed by atoms with E-state index in [4.69, 9.17) is 5.11 Å². The van der Waals surface area contributed by atoms with E-state index in [1.165, 1.54) is 11.5 Å². The monoisotopic (exact) mass is 159 g/mol. The third-order valence-corrected chi connectivity index (χ3v) is 2.41. The first kappa shape index (κ1) is 7.95. The van der Waals surface area contributed by atoms with Crippen LogP contribution in [0.3, 0.4) is 0 Å². The van der Waals surface area contributed by atoms with Crippen LogP contribution in [0.1, 0.15) is 0 Å². The molecule has 1 fully saturated rings. The fourth-order valence-electron chi connectivity index (χ4n) is 0.923. The van der Waals surface area contributed by atoms with Crippen LogP contribution in [0, 0.1) is 0 Å². The Hall–Kier alpha value is -0.150. The summed E-state index contributed by atoms with van der Waals surface area (Å²) in [6.45, 7) is 2.41. The summed E-state index contributed by atoms with van der Waals surface area (Å²) in [5, 5.41) is 8.48. The van der Waals surface area contributed by atoms with Gasteiger partial charge in [0.2, 0.25) is 0 Å². The highest BCUT2D eigenvalue weighted by Gasteiger charge is 2.04. The van der Waals surface area contributed by atoms with Crippen molar-refractivity contribution in [2.24, 2.45) is 0 Å². The normalized spacial score (nSPS) is 20.3. The molecule has 1 saturated heterocycles. The van der Waals surface area contributed by atoms with Gasteiger partial charge in [0.05, 0.1) is 6.61 Å². The Morgan fingerprint density at radius 1 is 1.40 bits per heavy atom. The van der Waals surface area contributed by atoms with Gasteiger partial charge in [-0.15, -0.1) is 0 Å². The molecule has 0 unspecified atom stereocenters. The van der Waals surface area contributed by atoms with Crippen LogP contribution in [0.25, 0.3) is 0 Å². The number of rotatable bonds is 2. The zero-order chi connectivity index (χ0) is 7.23. The summed E-state index contributed by atoms with van der Waals surface area (Å²) in [4.78, 5) is 2.24. The smallest absolute Gasteiger partial charge is 0.0629 e. The van der Waals surface area contributed by atoms with Crippen molar-refractivity contribution in [3.8, 4) is 0 Å². The van der Waals surface area contributed by atoms with Crippen LogP contribution < -0.4 is 0 Å². The number of hydrogen-bond acceptors (Lipinski definition) is 3. The highest BCUT2D eigenvalue weighted by atomic mass is 32.2. The number of hydrogen-bond donors (Lipinski definition) is 1. The molecule has 0 aromatic rings. The Balaban J connectivity index is 2.19. The molecule has 1 N–H and O–H groups in total. The molecule has 0 bridgehead atoms. The van der Waals surface area contributed by atoms with E-state index in [2.05, 4.69) is 4.90 Å². The van der Waals surface area contributed by atoms with E-state index in [0.717, 1.165) is 13.1 Å². The molecule has 0 aromatic heterocycles. The zero-order valence-electron chi connectivity index (χ0n) is 5.99. The highest BCUT2D eigenvalue weighted by Crippen LogP contribution is 2.08. The van der Waals surface area contributed by atoms with Gasteiger partial charge >= 0.3 is 0 Å². The summed E-state index contributed by atoms with van der Waals surface area (Å²) >= 11 is 1.99. The van der Waals surface area contributed by atoms with Crippen molar-refractivity contribution >= 4 is 11.8 Å². The average molecular weight is 159 g/mol. The molecular formula is C7H13NOS. The molecule has 1 aliphatic rings. The second-order valence-electron chi connectivity index (χ2n) is 2.22. The van der Waals surface area contributed by atoms with Crippen LogP contribution in [-0.2, 0) is 0 Å². The van der Waals surface area contributed by atoms with Crippen molar-refractivity contribution in [3.05, 3.63) is 12.3 Å². The predicted octanol–water partition coefficient (Wildman–Crippen LogP) is 0.541. The molecule has 1 aliphatic heterocycles. The van der Waals surface area contributed by atoms with Gasteiger partial charge in [-0.3, -0.25) is 0 Å². The van der Waals surface area contributed by atoms with E-state index >= 15 is 0 Å². The minimum absolute atomic E-state index is 0.156. The minimum Gasteiger partial charge on any atom is -0.392 e. The van der Waals surface area contributed by atoms with Gasteiger partial charge in [-0.2, -0.15) is 11.8 Å². The zero-order valence-corrected chi connectivity index (χ0v) is 6.81. The van der Waals surface area contributed by atoms with E-state index in [1.54, 1.807) is 6.08 Å². The number of aliphatic hydroxyl groups is 1. The molecule has 0 atom stereocenters. The number of aliphatic hydroxyl groups excluding tert-OH is 1. The summed E-state index contributed by atoms with van der Waals surface area (Å²) in [5.74, 6) is 2.44. The van der Waals surface area contributed by atoms with Crippen molar-refractivity contribution in [2.45, 2.75) is 0 Å². The summed E-state index contributed by atoms with van der Waals surface area (Å²) < 4.78 is 0. The van der Waals surface area contributed by atoms with E-state index in [1.807, 2.05) is 18.0 Å². The molecule has 58 valence electrons. The molecule has 3 heteroatoms. The molecule has 0 aliphatic carbocycles. The Bertz CT molecular complexity index is 110. The number of thioether (sulfide) groups is 1. The average Bonchev–Trinajstić information content (AvgIpc) is 2.03. The molecule has 0 radical (unpaired) electrons. The van der Waals surface area contributed by atoms with Crippen molar-refractivity contribution in [1.29, 1.82) is 0 Å². The maximum Gasteiger partial charge on any atom is 0.0629 e. The molecular weight excluding hydrogens is 146 g/mol. The van der Waals surface area contributed by atoms with Crippen LogP contribution in [0.2, 0.25) is 0 Å². The lowest BCUT2D eigenvalue weighted by Crippen LogP contribution is -2.27. The fraction of sp³-hybridized carbons (Fsp3) is 0.714. The Kier molecular flexibility index (Phi) is 3.68. The summed E-state index contributed by atoms with van der Waals surface area (Å²) in [7, 11) is 0.